The second-order valence-corrected chi connectivity index (χ2v) is 3.05. The van der Waals surface area contributed by atoms with Gasteiger partial charge in [0.05, 0.1) is 0 Å². The van der Waals surface area contributed by atoms with Crippen LogP contribution in [0.2, 0.25) is 0 Å². The number of halogens is 1. The Balaban J connectivity index is 0.000000980. The third-order valence-corrected chi connectivity index (χ3v) is 2.18. The van der Waals surface area contributed by atoms with Crippen LogP contribution in [0.4, 0.5) is 0 Å². The Hall–Kier alpha value is -1.19. The number of nitrogens with one attached hydrogen (secondary N) is 1. The van der Waals surface area contributed by atoms with E-state index < -0.39 is 0 Å². The van der Waals surface area contributed by atoms with E-state index in [1.807, 2.05) is 18.3 Å². The molecular weight excluding hydrogens is 200 g/mol. The van der Waals surface area contributed by atoms with Gasteiger partial charge < -0.3 is 15.8 Å². The van der Waals surface area contributed by atoms with Crippen LogP contribution >= 0.6 is 12.4 Å². The molecule has 1 aromatic heterocycles. The highest BCUT2D eigenvalue weighted by atomic mass is 35.5. The number of rotatable bonds is 2. The van der Waals surface area contributed by atoms with Crippen LogP contribution < -0.4 is 5.73 Å². The molecule has 0 saturated heterocycles. The summed E-state index contributed by atoms with van der Waals surface area (Å²) in [6.07, 6.45) is 2.69. The van der Waals surface area contributed by atoms with E-state index in [-0.39, 0.29) is 12.4 Å². The molecule has 4 N–H and O–H groups in total. The third kappa shape index (κ3) is 1.69. The van der Waals surface area contributed by atoms with Crippen LogP contribution in [-0.2, 0) is 6.42 Å². The second kappa shape index (κ2) is 4.35. The zero-order valence-corrected chi connectivity index (χ0v) is 8.47. The first-order valence-electron chi connectivity index (χ1n) is 4.31. The largest absolute Gasteiger partial charge is 0.507 e. The lowest BCUT2D eigenvalue weighted by atomic mass is 10.1. The van der Waals surface area contributed by atoms with Gasteiger partial charge in [0.1, 0.15) is 5.75 Å². The maximum Gasteiger partial charge on any atom is 0.125 e. The summed E-state index contributed by atoms with van der Waals surface area (Å²) in [5.41, 5.74) is 7.51. The molecule has 0 unspecified atom stereocenters. The van der Waals surface area contributed by atoms with E-state index in [2.05, 4.69) is 4.98 Å². The molecule has 2 rings (SSSR count). The van der Waals surface area contributed by atoms with Crippen LogP contribution in [0, 0.1) is 0 Å². The summed E-state index contributed by atoms with van der Waals surface area (Å²) in [6, 6.07) is 5.45. The predicted molar refractivity (Wildman–Crippen MR) is 60.0 cm³/mol. The van der Waals surface area contributed by atoms with Crippen LogP contribution in [0.3, 0.4) is 0 Å². The van der Waals surface area contributed by atoms with Crippen molar-refractivity contribution in [3.05, 3.63) is 30.0 Å². The summed E-state index contributed by atoms with van der Waals surface area (Å²) < 4.78 is 0. The highest BCUT2D eigenvalue weighted by molar-refractivity contribution is 5.88. The lowest BCUT2D eigenvalue weighted by Gasteiger charge is -1.98. The molecule has 0 fully saturated rings. The van der Waals surface area contributed by atoms with Gasteiger partial charge in [0.15, 0.2) is 0 Å². The van der Waals surface area contributed by atoms with Crippen LogP contribution in [0.25, 0.3) is 10.9 Å². The van der Waals surface area contributed by atoms with Crippen molar-refractivity contribution in [1.82, 2.24) is 4.98 Å². The summed E-state index contributed by atoms with van der Waals surface area (Å²) in [6.45, 7) is 0.598. The van der Waals surface area contributed by atoms with Gasteiger partial charge in [-0.2, -0.15) is 0 Å². The van der Waals surface area contributed by atoms with Crippen molar-refractivity contribution in [3.63, 3.8) is 0 Å². The van der Waals surface area contributed by atoms with Gasteiger partial charge in [0.25, 0.3) is 0 Å². The zero-order valence-electron chi connectivity index (χ0n) is 7.66. The minimum Gasteiger partial charge on any atom is -0.507 e. The molecule has 0 aliphatic heterocycles. The van der Waals surface area contributed by atoms with Crippen molar-refractivity contribution in [2.45, 2.75) is 6.42 Å². The van der Waals surface area contributed by atoms with E-state index in [1.54, 1.807) is 6.07 Å². The molecule has 14 heavy (non-hydrogen) atoms. The Kier molecular flexibility index (Phi) is 3.38. The number of nitrogens with two attached hydrogens (primary N) is 1. The van der Waals surface area contributed by atoms with E-state index in [1.165, 1.54) is 0 Å². The highest BCUT2D eigenvalue weighted by Gasteiger charge is 2.05. The molecule has 4 heteroatoms. The van der Waals surface area contributed by atoms with Gasteiger partial charge in [-0.1, -0.05) is 6.07 Å². The Morgan fingerprint density at radius 2 is 2.14 bits per heavy atom. The summed E-state index contributed by atoms with van der Waals surface area (Å²) in [7, 11) is 0. The Labute approximate surface area is 88.3 Å². The van der Waals surface area contributed by atoms with Gasteiger partial charge >= 0.3 is 0 Å². The number of phenols is 1. The zero-order chi connectivity index (χ0) is 9.26. The number of hydrogen-bond donors (Lipinski definition) is 3. The highest BCUT2D eigenvalue weighted by Crippen LogP contribution is 2.27. The average molecular weight is 213 g/mol. The smallest absolute Gasteiger partial charge is 0.125 e. The Morgan fingerprint density at radius 3 is 2.86 bits per heavy atom. The molecule has 1 heterocycles. The quantitative estimate of drug-likeness (QED) is 0.711. The number of benzene rings is 1. The van der Waals surface area contributed by atoms with E-state index in [0.29, 0.717) is 12.3 Å². The van der Waals surface area contributed by atoms with Crippen molar-refractivity contribution in [2.24, 2.45) is 5.73 Å². The predicted octanol–water partition coefficient (Wildman–Crippen LogP) is 1.80. The first-order chi connectivity index (χ1) is 6.33. The number of H-pyrrole nitrogens is 1. The first-order valence-corrected chi connectivity index (χ1v) is 4.31. The lowest BCUT2D eigenvalue weighted by Crippen LogP contribution is -2.01. The van der Waals surface area contributed by atoms with E-state index in [9.17, 15) is 5.11 Å². The van der Waals surface area contributed by atoms with Gasteiger partial charge in [-0.3, -0.25) is 0 Å². The second-order valence-electron chi connectivity index (χ2n) is 3.05. The van der Waals surface area contributed by atoms with Gasteiger partial charge in [-0.15, -0.1) is 12.4 Å². The van der Waals surface area contributed by atoms with Crippen molar-refractivity contribution in [2.75, 3.05) is 6.54 Å². The topological polar surface area (TPSA) is 62.0 Å². The first kappa shape index (κ1) is 10.9. The summed E-state index contributed by atoms with van der Waals surface area (Å²) in [5, 5.41) is 10.5. The molecular formula is C10H13ClN2O. The number of aromatic hydroxyl groups is 1. The van der Waals surface area contributed by atoms with Crippen molar-refractivity contribution >= 4 is 23.3 Å². The SMILES string of the molecule is Cl.NCCc1c[nH]c2cccc(O)c12. The molecule has 76 valence electrons. The van der Waals surface area contributed by atoms with Crippen molar-refractivity contribution in [1.29, 1.82) is 0 Å². The maximum atomic E-state index is 9.61. The molecule has 1 aromatic carbocycles. The maximum absolute atomic E-state index is 9.61. The van der Waals surface area contributed by atoms with Gasteiger partial charge in [0.2, 0.25) is 0 Å². The molecule has 0 amide bonds. The minimum atomic E-state index is 0. The van der Waals surface area contributed by atoms with E-state index in [4.69, 9.17) is 5.73 Å². The monoisotopic (exact) mass is 212 g/mol. The molecule has 0 bridgehead atoms. The fourth-order valence-electron chi connectivity index (χ4n) is 1.59. The van der Waals surface area contributed by atoms with Crippen LogP contribution in [0.15, 0.2) is 24.4 Å². The molecule has 0 radical (unpaired) electrons. The number of aromatic amines is 1. The summed E-state index contributed by atoms with van der Waals surface area (Å²) >= 11 is 0. The van der Waals surface area contributed by atoms with Gasteiger partial charge in [0, 0.05) is 17.1 Å². The number of aromatic nitrogens is 1. The number of fused-ring (bicyclic) bond motifs is 1. The molecule has 3 nitrogen and oxygen atoms in total. The van der Waals surface area contributed by atoms with Gasteiger partial charge in [-0.05, 0) is 30.7 Å². The van der Waals surface area contributed by atoms with E-state index in [0.717, 1.165) is 22.9 Å². The molecule has 0 spiro atoms. The molecule has 0 atom stereocenters. The molecule has 0 saturated carbocycles. The Morgan fingerprint density at radius 1 is 1.36 bits per heavy atom. The molecule has 0 aliphatic rings. The fraction of sp³-hybridized carbons (Fsp3) is 0.200. The fourth-order valence-corrected chi connectivity index (χ4v) is 1.59. The van der Waals surface area contributed by atoms with Crippen molar-refractivity contribution < 1.29 is 5.11 Å². The Bertz CT molecular complexity index is 425. The number of hydrogen-bond acceptors (Lipinski definition) is 2. The van der Waals surface area contributed by atoms with E-state index >= 15 is 0 Å². The van der Waals surface area contributed by atoms with Crippen molar-refractivity contribution in [3.8, 4) is 5.75 Å². The average Bonchev–Trinajstić information content (AvgIpc) is 2.51. The third-order valence-electron chi connectivity index (χ3n) is 2.18. The van der Waals surface area contributed by atoms with Crippen LogP contribution in [0.1, 0.15) is 5.56 Å². The number of phenolic OH excluding ortho intramolecular Hbond substituents is 1. The minimum absolute atomic E-state index is 0. The molecule has 0 aliphatic carbocycles. The van der Waals surface area contributed by atoms with Crippen LogP contribution in [-0.4, -0.2) is 16.6 Å². The van der Waals surface area contributed by atoms with Gasteiger partial charge in [-0.25, -0.2) is 0 Å². The normalized spacial score (nSPS) is 10.1. The lowest BCUT2D eigenvalue weighted by molar-refractivity contribution is 0.481. The molecule has 2 aromatic rings. The summed E-state index contributed by atoms with van der Waals surface area (Å²) in [5.74, 6) is 0.321. The standard InChI is InChI=1S/C10H12N2O.ClH/c11-5-4-7-6-12-8-2-1-3-9(13)10(7)8;/h1-3,6,12-13H,4-5,11H2;1H. The summed E-state index contributed by atoms with van der Waals surface area (Å²) in [4.78, 5) is 3.10. The van der Waals surface area contributed by atoms with Crippen LogP contribution in [0.5, 0.6) is 5.75 Å².